The first kappa shape index (κ1) is 14.7. The summed E-state index contributed by atoms with van der Waals surface area (Å²) in [7, 11) is -3.74. The molecule has 0 radical (unpaired) electrons. The predicted molar refractivity (Wildman–Crippen MR) is 75.9 cm³/mol. The highest BCUT2D eigenvalue weighted by molar-refractivity contribution is 7.92. The van der Waals surface area contributed by atoms with Crippen molar-refractivity contribution in [3.05, 3.63) is 53.6 Å². The molecule has 0 aliphatic carbocycles. The van der Waals surface area contributed by atoms with Crippen molar-refractivity contribution in [1.82, 2.24) is 4.98 Å². The number of hydrogen-bond donors (Lipinski definition) is 0. The third kappa shape index (κ3) is 2.91. The Hall–Kier alpha value is -1.66. The van der Waals surface area contributed by atoms with Gasteiger partial charge in [0.1, 0.15) is 15.9 Å². The second-order valence-electron chi connectivity index (χ2n) is 3.96. The summed E-state index contributed by atoms with van der Waals surface area (Å²) in [6.45, 7) is 1.92. The number of nitrogens with zero attached hydrogens (tertiary/aromatic N) is 2. The van der Waals surface area contributed by atoms with Gasteiger partial charge in [0.05, 0.1) is 5.69 Å². The van der Waals surface area contributed by atoms with Crippen molar-refractivity contribution in [3.63, 3.8) is 0 Å². The number of sulfonamides is 1. The topological polar surface area (TPSA) is 50.3 Å². The second kappa shape index (κ2) is 5.76. The van der Waals surface area contributed by atoms with E-state index in [1.54, 1.807) is 6.92 Å². The molecule has 0 spiro atoms. The van der Waals surface area contributed by atoms with Crippen LogP contribution in [0.15, 0.2) is 47.5 Å². The number of anilines is 1. The molecule has 0 aliphatic heterocycles. The van der Waals surface area contributed by atoms with E-state index in [1.165, 1.54) is 46.9 Å². The van der Waals surface area contributed by atoms with Crippen molar-refractivity contribution in [2.75, 3.05) is 10.8 Å². The van der Waals surface area contributed by atoms with E-state index >= 15 is 0 Å². The molecule has 0 unspecified atom stereocenters. The van der Waals surface area contributed by atoms with Crippen LogP contribution in [0.5, 0.6) is 0 Å². The summed E-state index contributed by atoms with van der Waals surface area (Å²) in [6.07, 6.45) is 1.20. The van der Waals surface area contributed by atoms with E-state index in [2.05, 4.69) is 4.98 Å². The summed E-state index contributed by atoms with van der Waals surface area (Å²) in [6, 6.07) is 8.06. The highest BCUT2D eigenvalue weighted by Gasteiger charge is 2.23. The quantitative estimate of drug-likeness (QED) is 0.815. The molecular formula is C13H12ClFN2O2S. The summed E-state index contributed by atoms with van der Waals surface area (Å²) in [5.41, 5.74) is 0.392. The maximum Gasteiger partial charge on any atom is 0.265 e. The van der Waals surface area contributed by atoms with Crippen LogP contribution in [-0.2, 0) is 10.0 Å². The second-order valence-corrected chi connectivity index (χ2v) is 6.21. The van der Waals surface area contributed by atoms with Gasteiger partial charge in [0, 0.05) is 12.7 Å². The van der Waals surface area contributed by atoms with Crippen molar-refractivity contribution < 1.29 is 12.8 Å². The molecule has 0 atom stereocenters. The summed E-state index contributed by atoms with van der Waals surface area (Å²) < 4.78 is 39.1. The van der Waals surface area contributed by atoms with Gasteiger partial charge in [-0.15, -0.1) is 0 Å². The van der Waals surface area contributed by atoms with Gasteiger partial charge in [-0.1, -0.05) is 11.6 Å². The van der Waals surface area contributed by atoms with Gasteiger partial charge in [-0.2, -0.15) is 0 Å². The molecule has 1 aromatic heterocycles. The lowest BCUT2D eigenvalue weighted by molar-refractivity contribution is 0.591. The van der Waals surface area contributed by atoms with Crippen molar-refractivity contribution >= 4 is 27.3 Å². The average Bonchev–Trinajstić information content (AvgIpc) is 2.42. The molecule has 0 saturated heterocycles. The molecule has 1 heterocycles. The summed E-state index contributed by atoms with van der Waals surface area (Å²) in [5, 5.41) is 0.216. The Morgan fingerprint density at radius 2 is 1.85 bits per heavy atom. The van der Waals surface area contributed by atoms with Crippen molar-refractivity contribution in [3.8, 4) is 0 Å². The highest BCUT2D eigenvalue weighted by atomic mass is 35.5. The summed E-state index contributed by atoms with van der Waals surface area (Å²) in [4.78, 5) is 3.80. The number of benzene rings is 1. The summed E-state index contributed by atoms with van der Waals surface area (Å²) >= 11 is 5.65. The van der Waals surface area contributed by atoms with E-state index in [1.807, 2.05) is 0 Å². The van der Waals surface area contributed by atoms with E-state index in [0.717, 1.165) is 0 Å². The molecule has 0 saturated carbocycles. The molecule has 2 aromatic rings. The normalized spacial score (nSPS) is 11.3. The molecule has 0 N–H and O–H groups in total. The minimum atomic E-state index is -3.74. The smallest absolute Gasteiger partial charge is 0.265 e. The van der Waals surface area contributed by atoms with Gasteiger partial charge >= 0.3 is 0 Å². The molecular weight excluding hydrogens is 303 g/mol. The first-order valence-electron chi connectivity index (χ1n) is 5.85. The van der Waals surface area contributed by atoms with Crippen LogP contribution in [0, 0.1) is 5.82 Å². The van der Waals surface area contributed by atoms with Crippen LogP contribution in [0.3, 0.4) is 0 Å². The van der Waals surface area contributed by atoms with Crippen LogP contribution < -0.4 is 4.31 Å². The maximum atomic E-state index is 12.9. The van der Waals surface area contributed by atoms with Gasteiger partial charge in [-0.25, -0.2) is 17.8 Å². The number of hydrogen-bond acceptors (Lipinski definition) is 3. The fraction of sp³-hybridized carbons (Fsp3) is 0.154. The maximum absolute atomic E-state index is 12.9. The van der Waals surface area contributed by atoms with Gasteiger partial charge in [-0.3, -0.25) is 4.31 Å². The zero-order valence-corrected chi connectivity index (χ0v) is 12.2. The molecule has 1 aromatic carbocycles. The fourth-order valence-corrected chi connectivity index (χ4v) is 3.27. The highest BCUT2D eigenvalue weighted by Crippen LogP contribution is 2.23. The molecule has 0 amide bonds. The lowest BCUT2D eigenvalue weighted by Gasteiger charge is -2.22. The molecule has 0 aliphatic rings. The predicted octanol–water partition coefficient (Wildman–Crippen LogP) is 3.09. The van der Waals surface area contributed by atoms with Gasteiger partial charge in [0.15, 0.2) is 0 Å². The Kier molecular flexibility index (Phi) is 4.25. The Morgan fingerprint density at radius 3 is 2.35 bits per heavy atom. The van der Waals surface area contributed by atoms with Crippen molar-refractivity contribution in [1.29, 1.82) is 0 Å². The van der Waals surface area contributed by atoms with Crippen molar-refractivity contribution in [2.45, 2.75) is 11.8 Å². The van der Waals surface area contributed by atoms with Crippen LogP contribution in [-0.4, -0.2) is 19.9 Å². The largest absolute Gasteiger partial charge is 0.267 e. The summed E-state index contributed by atoms with van der Waals surface area (Å²) in [5.74, 6) is -0.421. The van der Waals surface area contributed by atoms with E-state index in [0.29, 0.717) is 5.69 Å². The fourth-order valence-electron chi connectivity index (χ4n) is 1.74. The van der Waals surface area contributed by atoms with E-state index in [-0.39, 0.29) is 16.6 Å². The third-order valence-corrected chi connectivity index (χ3v) is 4.80. The lowest BCUT2D eigenvalue weighted by Crippen LogP contribution is -2.30. The SMILES string of the molecule is CCN(c1ccc(F)cc1)S(=O)(=O)c1ccc(Cl)nc1. The Bertz CT molecular complexity index is 687. The third-order valence-electron chi connectivity index (χ3n) is 2.69. The van der Waals surface area contributed by atoms with Gasteiger partial charge in [0.25, 0.3) is 10.0 Å². The molecule has 106 valence electrons. The van der Waals surface area contributed by atoms with Gasteiger partial charge in [-0.05, 0) is 43.3 Å². The molecule has 2 rings (SSSR count). The van der Waals surface area contributed by atoms with E-state index < -0.39 is 15.8 Å². The Labute approximate surface area is 121 Å². The van der Waals surface area contributed by atoms with E-state index in [4.69, 9.17) is 11.6 Å². The number of halogens is 2. The van der Waals surface area contributed by atoms with E-state index in [9.17, 15) is 12.8 Å². The zero-order valence-electron chi connectivity index (χ0n) is 10.6. The van der Waals surface area contributed by atoms with Crippen LogP contribution >= 0.6 is 11.6 Å². The zero-order chi connectivity index (χ0) is 14.8. The standard InChI is InChI=1S/C13H12ClFN2O2S/c1-2-17(11-5-3-10(15)4-6-11)20(18,19)12-7-8-13(14)16-9-12/h3-9H,2H2,1H3. The van der Waals surface area contributed by atoms with Crippen LogP contribution in [0.25, 0.3) is 0 Å². The van der Waals surface area contributed by atoms with Gasteiger partial charge < -0.3 is 0 Å². The molecule has 20 heavy (non-hydrogen) atoms. The average molecular weight is 315 g/mol. The molecule has 4 nitrogen and oxygen atoms in total. The van der Waals surface area contributed by atoms with Crippen LogP contribution in [0.2, 0.25) is 5.15 Å². The molecule has 7 heteroatoms. The first-order valence-corrected chi connectivity index (χ1v) is 7.67. The molecule has 0 bridgehead atoms. The number of rotatable bonds is 4. The Morgan fingerprint density at radius 1 is 1.20 bits per heavy atom. The van der Waals surface area contributed by atoms with Gasteiger partial charge in [0.2, 0.25) is 0 Å². The number of aromatic nitrogens is 1. The Balaban J connectivity index is 2.44. The van der Waals surface area contributed by atoms with Crippen molar-refractivity contribution in [2.24, 2.45) is 0 Å². The van der Waals surface area contributed by atoms with Crippen LogP contribution in [0.4, 0.5) is 10.1 Å². The minimum Gasteiger partial charge on any atom is -0.267 e. The monoisotopic (exact) mass is 314 g/mol. The van der Waals surface area contributed by atoms with Crippen LogP contribution in [0.1, 0.15) is 6.92 Å². The minimum absolute atomic E-state index is 0.0353. The lowest BCUT2D eigenvalue weighted by atomic mass is 10.3. The molecule has 0 fully saturated rings. The number of pyridine rings is 1. The first-order chi connectivity index (χ1) is 9.45.